The van der Waals surface area contributed by atoms with Crippen molar-refractivity contribution < 1.29 is 8.42 Å². The highest BCUT2D eigenvalue weighted by atomic mass is 32.2. The summed E-state index contributed by atoms with van der Waals surface area (Å²) in [6.07, 6.45) is 5.81. The van der Waals surface area contributed by atoms with Crippen LogP contribution in [0.15, 0.2) is 4.99 Å². The van der Waals surface area contributed by atoms with Crippen LogP contribution in [0.2, 0.25) is 0 Å². The second-order valence-corrected chi connectivity index (χ2v) is 10.2. The van der Waals surface area contributed by atoms with Crippen LogP contribution in [-0.2, 0) is 10.0 Å². The monoisotopic (exact) mass is 385 g/mol. The highest BCUT2D eigenvalue weighted by molar-refractivity contribution is 7.88. The quantitative estimate of drug-likeness (QED) is 0.520. The van der Waals surface area contributed by atoms with Gasteiger partial charge in [-0.05, 0) is 44.4 Å². The Bertz CT molecular complexity index is 597. The average molecular weight is 386 g/mol. The summed E-state index contributed by atoms with van der Waals surface area (Å²) in [6, 6.07) is 1.28. The third-order valence-corrected chi connectivity index (χ3v) is 7.22. The maximum absolute atomic E-state index is 11.6. The predicted octanol–water partition coefficient (Wildman–Crippen LogP) is 0.696. The van der Waals surface area contributed by atoms with Gasteiger partial charge in [-0.15, -0.1) is 0 Å². The van der Waals surface area contributed by atoms with Gasteiger partial charge in [-0.2, -0.15) is 0 Å². The number of nitrogens with one attached hydrogen (secondary N) is 2. The fourth-order valence-corrected chi connectivity index (χ4v) is 4.94. The van der Waals surface area contributed by atoms with Gasteiger partial charge in [0.05, 0.1) is 6.26 Å². The fraction of sp³-hybridized carbons (Fsp3) is 0.944. The number of hydrogen-bond donors (Lipinski definition) is 2. The van der Waals surface area contributed by atoms with E-state index in [1.807, 2.05) is 0 Å². The van der Waals surface area contributed by atoms with Crippen molar-refractivity contribution in [2.45, 2.75) is 51.6 Å². The standard InChI is InChI=1S/C18H35N5O2S/c1-4-19-18(21-17-13-22(12-14(17)2)16-5-6-16)20-11-15-7-9-23(10-8-15)26(3,24)25/h14-17H,4-13H2,1-3H3,(H2,19,20,21). The zero-order valence-corrected chi connectivity index (χ0v) is 17.3. The van der Waals surface area contributed by atoms with Gasteiger partial charge in [-0.25, -0.2) is 12.7 Å². The maximum Gasteiger partial charge on any atom is 0.211 e. The second kappa shape index (κ2) is 8.44. The summed E-state index contributed by atoms with van der Waals surface area (Å²) in [5.74, 6) is 2.01. The number of guanidine groups is 1. The molecule has 3 fully saturated rings. The number of nitrogens with zero attached hydrogens (tertiary/aromatic N) is 3. The lowest BCUT2D eigenvalue weighted by molar-refractivity contribution is 0.280. The lowest BCUT2D eigenvalue weighted by atomic mass is 9.98. The van der Waals surface area contributed by atoms with E-state index in [1.54, 1.807) is 4.31 Å². The molecule has 3 rings (SSSR count). The summed E-state index contributed by atoms with van der Waals surface area (Å²) in [4.78, 5) is 7.43. The number of likely N-dealkylation sites (tertiary alicyclic amines) is 1. The third-order valence-electron chi connectivity index (χ3n) is 5.92. The highest BCUT2D eigenvalue weighted by Gasteiger charge is 2.38. The summed E-state index contributed by atoms with van der Waals surface area (Å²) in [5, 5.41) is 7.02. The SMILES string of the molecule is CCNC(=NCC1CCN(S(C)(=O)=O)CC1)NC1CN(C2CC2)CC1C. The predicted molar refractivity (Wildman–Crippen MR) is 106 cm³/mol. The van der Waals surface area contributed by atoms with Crippen LogP contribution in [0.1, 0.15) is 39.5 Å². The Morgan fingerprint density at radius 2 is 1.85 bits per heavy atom. The first-order valence-electron chi connectivity index (χ1n) is 10.1. The highest BCUT2D eigenvalue weighted by Crippen LogP contribution is 2.31. The molecule has 2 N–H and O–H groups in total. The van der Waals surface area contributed by atoms with Gasteiger partial charge in [0.25, 0.3) is 0 Å². The molecule has 2 atom stereocenters. The van der Waals surface area contributed by atoms with Crippen LogP contribution < -0.4 is 10.6 Å². The van der Waals surface area contributed by atoms with Gasteiger partial charge in [-0.3, -0.25) is 9.89 Å². The van der Waals surface area contributed by atoms with Gasteiger partial charge in [-0.1, -0.05) is 6.92 Å². The van der Waals surface area contributed by atoms with E-state index in [1.165, 1.54) is 25.6 Å². The second-order valence-electron chi connectivity index (χ2n) is 8.24. The first kappa shape index (κ1) is 19.9. The van der Waals surface area contributed by atoms with E-state index >= 15 is 0 Å². The van der Waals surface area contributed by atoms with E-state index in [9.17, 15) is 8.42 Å². The van der Waals surface area contributed by atoms with Crippen LogP contribution in [0.5, 0.6) is 0 Å². The zero-order chi connectivity index (χ0) is 18.7. The molecule has 0 aromatic carbocycles. The van der Waals surface area contributed by atoms with Gasteiger partial charge in [0.15, 0.2) is 5.96 Å². The molecule has 0 amide bonds. The van der Waals surface area contributed by atoms with Crippen LogP contribution in [0.3, 0.4) is 0 Å². The van der Waals surface area contributed by atoms with Crippen LogP contribution in [-0.4, -0.2) is 81.2 Å². The van der Waals surface area contributed by atoms with E-state index in [2.05, 4.69) is 29.4 Å². The minimum Gasteiger partial charge on any atom is -0.357 e. The molecule has 2 aliphatic heterocycles. The van der Waals surface area contributed by atoms with Crippen LogP contribution in [0, 0.1) is 11.8 Å². The van der Waals surface area contributed by atoms with Crippen LogP contribution in [0.4, 0.5) is 0 Å². The summed E-state index contributed by atoms with van der Waals surface area (Å²) in [7, 11) is -3.05. The molecular formula is C18H35N5O2S. The zero-order valence-electron chi connectivity index (χ0n) is 16.4. The molecule has 0 bridgehead atoms. The van der Waals surface area contributed by atoms with Crippen molar-refractivity contribution in [2.75, 3.05) is 45.5 Å². The number of piperidine rings is 1. The number of hydrogen-bond acceptors (Lipinski definition) is 4. The summed E-state index contributed by atoms with van der Waals surface area (Å²) >= 11 is 0. The molecule has 7 nitrogen and oxygen atoms in total. The summed E-state index contributed by atoms with van der Waals surface area (Å²) in [5.41, 5.74) is 0. The molecule has 1 saturated carbocycles. The fourth-order valence-electron chi connectivity index (χ4n) is 4.07. The molecule has 1 aliphatic carbocycles. The van der Waals surface area contributed by atoms with Crippen molar-refractivity contribution in [1.29, 1.82) is 0 Å². The topological polar surface area (TPSA) is 77.0 Å². The Hall–Kier alpha value is -0.860. The minimum atomic E-state index is -3.05. The third kappa shape index (κ3) is 5.33. The van der Waals surface area contributed by atoms with Crippen molar-refractivity contribution in [2.24, 2.45) is 16.8 Å². The molecular weight excluding hydrogens is 350 g/mol. The maximum atomic E-state index is 11.6. The van der Waals surface area contributed by atoms with Gasteiger partial charge < -0.3 is 10.6 Å². The first-order valence-corrected chi connectivity index (χ1v) is 12.0. The molecule has 0 radical (unpaired) electrons. The van der Waals surface area contributed by atoms with Gasteiger partial charge in [0.1, 0.15) is 0 Å². The minimum absolute atomic E-state index is 0.459. The van der Waals surface area contributed by atoms with E-state index < -0.39 is 10.0 Å². The van der Waals surface area contributed by atoms with Gasteiger partial charge >= 0.3 is 0 Å². The van der Waals surface area contributed by atoms with Crippen molar-refractivity contribution in [3.63, 3.8) is 0 Å². The average Bonchev–Trinajstić information content (AvgIpc) is 3.37. The Kier molecular flexibility index (Phi) is 6.45. The largest absolute Gasteiger partial charge is 0.357 e. The summed E-state index contributed by atoms with van der Waals surface area (Å²) < 4.78 is 24.8. The van der Waals surface area contributed by atoms with Crippen molar-refractivity contribution >= 4 is 16.0 Å². The lowest BCUT2D eigenvalue weighted by Crippen LogP contribution is -2.47. The molecule has 26 heavy (non-hydrogen) atoms. The van der Waals surface area contributed by atoms with Crippen molar-refractivity contribution in [3.8, 4) is 0 Å². The van der Waals surface area contributed by atoms with Gasteiger partial charge in [0, 0.05) is 51.4 Å². The Morgan fingerprint density at radius 3 is 2.42 bits per heavy atom. The number of aliphatic imine (C=N–C) groups is 1. The lowest BCUT2D eigenvalue weighted by Gasteiger charge is -2.29. The van der Waals surface area contributed by atoms with Crippen molar-refractivity contribution in [3.05, 3.63) is 0 Å². The molecule has 150 valence electrons. The molecule has 3 aliphatic rings. The molecule has 2 saturated heterocycles. The molecule has 0 aromatic rings. The van der Waals surface area contributed by atoms with Crippen LogP contribution >= 0.6 is 0 Å². The van der Waals surface area contributed by atoms with Crippen molar-refractivity contribution in [1.82, 2.24) is 19.8 Å². The molecule has 2 heterocycles. The Balaban J connectivity index is 1.49. The smallest absolute Gasteiger partial charge is 0.211 e. The molecule has 0 spiro atoms. The number of sulfonamides is 1. The Labute approximate surface area is 158 Å². The van der Waals surface area contributed by atoms with E-state index in [0.717, 1.165) is 44.5 Å². The number of rotatable bonds is 6. The van der Waals surface area contributed by atoms with Crippen LogP contribution in [0.25, 0.3) is 0 Å². The first-order chi connectivity index (χ1) is 12.4. The molecule has 0 aromatic heterocycles. The van der Waals surface area contributed by atoms with E-state index in [-0.39, 0.29) is 0 Å². The summed E-state index contributed by atoms with van der Waals surface area (Å²) in [6.45, 7) is 9.58. The Morgan fingerprint density at radius 1 is 1.15 bits per heavy atom. The van der Waals surface area contributed by atoms with E-state index in [0.29, 0.717) is 31.0 Å². The van der Waals surface area contributed by atoms with E-state index in [4.69, 9.17) is 4.99 Å². The molecule has 2 unspecified atom stereocenters. The van der Waals surface area contributed by atoms with Gasteiger partial charge in [0.2, 0.25) is 10.0 Å². The molecule has 8 heteroatoms. The normalized spacial score (nSPS) is 29.9.